The van der Waals surface area contributed by atoms with Crippen LogP contribution in [0, 0.1) is 5.92 Å². The molecule has 0 fully saturated rings. The fourth-order valence-corrected chi connectivity index (χ4v) is 2.84. The Hall–Kier alpha value is -1.85. The second kappa shape index (κ2) is 7.62. The molecule has 2 rings (SSSR count). The van der Waals surface area contributed by atoms with E-state index in [0.29, 0.717) is 17.2 Å². The van der Waals surface area contributed by atoms with Crippen molar-refractivity contribution in [2.24, 2.45) is 10.3 Å². The van der Waals surface area contributed by atoms with Crippen molar-refractivity contribution in [3.63, 3.8) is 0 Å². The summed E-state index contributed by atoms with van der Waals surface area (Å²) < 4.78 is 34.4. The van der Waals surface area contributed by atoms with Crippen molar-refractivity contribution in [1.82, 2.24) is 0 Å². The van der Waals surface area contributed by atoms with E-state index in [4.69, 9.17) is 16.3 Å². The number of rotatable bonds is 5. The van der Waals surface area contributed by atoms with Crippen molar-refractivity contribution in [3.8, 4) is 0 Å². The molecule has 0 atom stereocenters. The molecule has 0 saturated carbocycles. The van der Waals surface area contributed by atoms with Crippen molar-refractivity contribution < 1.29 is 13.2 Å². The number of ether oxygens (including phenoxy) is 1. The zero-order valence-electron chi connectivity index (χ0n) is 12.9. The van der Waals surface area contributed by atoms with Gasteiger partial charge in [-0.3, -0.25) is 0 Å². The van der Waals surface area contributed by atoms with Crippen LogP contribution in [0.4, 0.5) is 0 Å². The molecule has 0 unspecified atom stereocenters. The highest BCUT2D eigenvalue weighted by atomic mass is 35.5. The summed E-state index contributed by atoms with van der Waals surface area (Å²) in [5, 5.41) is 0.465. The molecule has 2 aromatic rings. The largest absolute Gasteiger partial charge is 0.476 e. The van der Waals surface area contributed by atoms with Crippen LogP contribution in [0.15, 0.2) is 63.9 Å². The van der Waals surface area contributed by atoms with Crippen LogP contribution in [0.5, 0.6) is 0 Å². The van der Waals surface area contributed by atoms with E-state index in [9.17, 15) is 8.42 Å². The zero-order chi connectivity index (χ0) is 16.9. The average Bonchev–Trinajstić information content (AvgIpc) is 2.52. The number of nitrogens with zero attached hydrogens (tertiary/aromatic N) is 1. The van der Waals surface area contributed by atoms with E-state index in [0.717, 1.165) is 0 Å². The van der Waals surface area contributed by atoms with E-state index in [-0.39, 0.29) is 16.7 Å². The molecule has 0 spiro atoms. The third kappa shape index (κ3) is 5.08. The van der Waals surface area contributed by atoms with Crippen LogP contribution >= 0.6 is 11.6 Å². The first kappa shape index (κ1) is 17.5. The van der Waals surface area contributed by atoms with Gasteiger partial charge in [0.05, 0.1) is 11.5 Å². The van der Waals surface area contributed by atoms with Gasteiger partial charge in [-0.1, -0.05) is 43.6 Å². The molecule has 0 amide bonds. The van der Waals surface area contributed by atoms with Gasteiger partial charge in [0.1, 0.15) is 0 Å². The predicted octanol–water partition coefficient (Wildman–Crippen LogP) is 4.15. The maximum atomic E-state index is 12.5. The van der Waals surface area contributed by atoms with E-state index in [1.165, 1.54) is 24.3 Å². The molecule has 122 valence electrons. The molecule has 0 aromatic heterocycles. The topological polar surface area (TPSA) is 55.7 Å². The number of halogens is 1. The summed E-state index contributed by atoms with van der Waals surface area (Å²) in [5.41, 5.74) is 0.616. The molecule has 4 nitrogen and oxygen atoms in total. The number of hydrogen-bond donors (Lipinski definition) is 0. The Balaban J connectivity index is 2.40. The van der Waals surface area contributed by atoms with Gasteiger partial charge in [-0.25, -0.2) is 0 Å². The van der Waals surface area contributed by atoms with Gasteiger partial charge in [0.2, 0.25) is 5.90 Å². The minimum absolute atomic E-state index is 0.0727. The van der Waals surface area contributed by atoms with Gasteiger partial charge in [0.25, 0.3) is 10.0 Å². The molecule has 2 aromatic carbocycles. The predicted molar refractivity (Wildman–Crippen MR) is 92.4 cm³/mol. The maximum absolute atomic E-state index is 12.5. The van der Waals surface area contributed by atoms with Crippen molar-refractivity contribution in [3.05, 3.63) is 65.2 Å². The minimum atomic E-state index is -3.87. The Bertz CT molecular complexity index is 769. The van der Waals surface area contributed by atoms with Crippen LogP contribution in [0.2, 0.25) is 5.02 Å². The van der Waals surface area contributed by atoms with E-state index in [1.807, 2.05) is 19.9 Å². The highest BCUT2D eigenvalue weighted by Gasteiger charge is 2.17. The van der Waals surface area contributed by atoms with Gasteiger partial charge in [0.15, 0.2) is 0 Å². The Kier molecular flexibility index (Phi) is 5.80. The van der Waals surface area contributed by atoms with E-state index >= 15 is 0 Å². The SMILES string of the molecule is CC(C)CO/C(=N/S(=O)(=O)c1ccc(Cl)cc1)c1ccccc1. The lowest BCUT2D eigenvalue weighted by atomic mass is 10.2. The van der Waals surface area contributed by atoms with Crippen LogP contribution in [0.25, 0.3) is 0 Å². The summed E-state index contributed by atoms with van der Waals surface area (Å²) in [6.45, 7) is 4.34. The van der Waals surface area contributed by atoms with Gasteiger partial charge < -0.3 is 4.74 Å². The quantitative estimate of drug-likeness (QED) is 0.600. The fourth-order valence-electron chi connectivity index (χ4n) is 1.76. The third-order valence-electron chi connectivity index (χ3n) is 2.89. The first-order valence-electron chi connectivity index (χ1n) is 7.17. The highest BCUT2D eigenvalue weighted by molar-refractivity contribution is 7.90. The number of hydrogen-bond acceptors (Lipinski definition) is 3. The van der Waals surface area contributed by atoms with Crippen molar-refractivity contribution in [2.45, 2.75) is 18.7 Å². The molecule has 0 bridgehead atoms. The van der Waals surface area contributed by atoms with Crippen LogP contribution in [0.1, 0.15) is 19.4 Å². The van der Waals surface area contributed by atoms with Crippen LogP contribution in [-0.4, -0.2) is 20.9 Å². The first-order valence-corrected chi connectivity index (χ1v) is 8.99. The molecule has 23 heavy (non-hydrogen) atoms. The Morgan fingerprint density at radius 2 is 1.70 bits per heavy atom. The molecule has 0 N–H and O–H groups in total. The molecular weight excluding hydrogens is 334 g/mol. The van der Waals surface area contributed by atoms with Crippen molar-refractivity contribution in [2.75, 3.05) is 6.61 Å². The standard InChI is InChI=1S/C17H18ClNO3S/c1-13(2)12-22-17(14-6-4-3-5-7-14)19-23(20,21)16-10-8-15(18)9-11-16/h3-11,13H,12H2,1-2H3/b19-17+. The smallest absolute Gasteiger partial charge is 0.285 e. The molecular formula is C17H18ClNO3S. The third-order valence-corrected chi connectivity index (χ3v) is 4.41. The molecule has 0 saturated heterocycles. The summed E-state index contributed by atoms with van der Waals surface area (Å²) in [4.78, 5) is 0.0727. The average molecular weight is 352 g/mol. The summed E-state index contributed by atoms with van der Waals surface area (Å²) in [6.07, 6.45) is 0. The van der Waals surface area contributed by atoms with Crippen LogP contribution in [0.3, 0.4) is 0 Å². The van der Waals surface area contributed by atoms with Crippen molar-refractivity contribution in [1.29, 1.82) is 0 Å². The molecule has 0 aliphatic carbocycles. The number of benzene rings is 2. The molecule has 0 heterocycles. The lowest BCUT2D eigenvalue weighted by Crippen LogP contribution is -2.14. The lowest BCUT2D eigenvalue weighted by molar-refractivity contribution is 0.260. The summed E-state index contributed by atoms with van der Waals surface area (Å²) in [6, 6.07) is 14.8. The van der Waals surface area contributed by atoms with Crippen LogP contribution in [-0.2, 0) is 14.8 Å². The van der Waals surface area contributed by atoms with Gasteiger partial charge in [-0.05, 0) is 42.3 Å². The second-order valence-corrected chi connectivity index (χ2v) is 7.44. The zero-order valence-corrected chi connectivity index (χ0v) is 14.5. The molecule has 0 aliphatic heterocycles. The monoisotopic (exact) mass is 351 g/mol. The first-order chi connectivity index (χ1) is 10.9. The number of sulfonamides is 1. The second-order valence-electron chi connectivity index (χ2n) is 5.40. The summed E-state index contributed by atoms with van der Waals surface area (Å²) in [7, 11) is -3.87. The Morgan fingerprint density at radius 1 is 1.09 bits per heavy atom. The highest BCUT2D eigenvalue weighted by Crippen LogP contribution is 2.18. The van der Waals surface area contributed by atoms with E-state index < -0.39 is 10.0 Å². The molecule has 0 radical (unpaired) electrons. The van der Waals surface area contributed by atoms with Crippen molar-refractivity contribution >= 4 is 27.5 Å². The molecule has 6 heteroatoms. The Morgan fingerprint density at radius 3 is 2.26 bits per heavy atom. The summed E-state index contributed by atoms with van der Waals surface area (Å²) in [5.74, 6) is 0.344. The van der Waals surface area contributed by atoms with E-state index in [1.54, 1.807) is 24.3 Å². The normalized spacial score (nSPS) is 12.4. The van der Waals surface area contributed by atoms with Gasteiger partial charge in [0, 0.05) is 10.6 Å². The van der Waals surface area contributed by atoms with Gasteiger partial charge in [-0.15, -0.1) is 4.40 Å². The summed E-state index contributed by atoms with van der Waals surface area (Å²) >= 11 is 5.79. The van der Waals surface area contributed by atoms with Gasteiger partial charge in [-0.2, -0.15) is 8.42 Å². The lowest BCUT2D eigenvalue weighted by Gasteiger charge is -2.11. The van der Waals surface area contributed by atoms with Gasteiger partial charge >= 0.3 is 0 Å². The Labute approximate surface area is 141 Å². The maximum Gasteiger partial charge on any atom is 0.285 e. The van der Waals surface area contributed by atoms with E-state index in [2.05, 4.69) is 4.40 Å². The minimum Gasteiger partial charge on any atom is -0.476 e. The molecule has 0 aliphatic rings. The fraction of sp³-hybridized carbons (Fsp3) is 0.235. The van der Waals surface area contributed by atoms with Crippen LogP contribution < -0.4 is 0 Å².